The summed E-state index contributed by atoms with van der Waals surface area (Å²) in [4.78, 5) is 3.89. The molecule has 5 aromatic rings. The lowest BCUT2D eigenvalue weighted by Gasteiger charge is -2.17. The fourth-order valence-corrected chi connectivity index (χ4v) is 6.59. The minimum atomic E-state index is -4.94. The maximum atomic E-state index is 8.60. The van der Waals surface area contributed by atoms with Gasteiger partial charge in [0.1, 0.15) is 11.5 Å². The third-order valence-electron chi connectivity index (χ3n) is 5.54. The Kier molecular flexibility index (Phi) is 13.4. The molecule has 5 rings (SSSR count). The van der Waals surface area contributed by atoms with Crippen molar-refractivity contribution in [2.45, 2.75) is 21.6 Å². The summed E-state index contributed by atoms with van der Waals surface area (Å²) in [5.41, 5.74) is 3.72. The van der Waals surface area contributed by atoms with Crippen LogP contribution >= 0.6 is 22.6 Å². The summed E-state index contributed by atoms with van der Waals surface area (Å²) in [6.07, 6.45) is 0. The number of ether oxygens (including phenoxy) is 1. The van der Waals surface area contributed by atoms with Crippen LogP contribution < -0.4 is 37.3 Å². The molecule has 0 unspecified atom stereocenters. The molecule has 0 heterocycles. The molecule has 1 N–H and O–H groups in total. The monoisotopic (exact) mass is 770 g/mol. The molecule has 0 saturated heterocycles. The minimum absolute atomic E-state index is 0.154. The molecule has 0 saturated carbocycles. The largest absolute Gasteiger partial charge is 0.457 e. The molecule has 5 aromatic carbocycles. The van der Waals surface area contributed by atoms with Crippen LogP contribution in [0.15, 0.2) is 142 Å². The van der Waals surface area contributed by atoms with Crippen molar-refractivity contribution in [2.75, 3.05) is 0 Å². The number of rotatable bonds is 6. The number of aryl methyl sites for hydroxylation is 1. The van der Waals surface area contributed by atoms with E-state index in [1.54, 1.807) is 0 Å². The first-order chi connectivity index (χ1) is 20.7. The summed E-state index contributed by atoms with van der Waals surface area (Å²) >= 11 is 2.39. The van der Waals surface area contributed by atoms with E-state index in [1.165, 1.54) is 34.9 Å². The molecule has 0 aromatic heterocycles. The summed E-state index contributed by atoms with van der Waals surface area (Å²) < 4.78 is 74.1. The van der Waals surface area contributed by atoms with Crippen molar-refractivity contribution in [3.05, 3.63) is 137 Å². The van der Waals surface area contributed by atoms with Crippen LogP contribution in [0, 0.1) is 31.0 Å². The van der Waals surface area contributed by atoms with Crippen LogP contribution in [0.4, 0.5) is 0 Å². The predicted octanol–water partition coefficient (Wildman–Crippen LogP) is 0.274. The summed E-state index contributed by atoms with van der Waals surface area (Å²) in [5.74, 6) is 1.68. The van der Waals surface area contributed by atoms with E-state index in [0.29, 0.717) is 0 Å². The first kappa shape index (κ1) is 35.7. The van der Waals surface area contributed by atoms with Crippen molar-refractivity contribution < 1.29 is 62.5 Å². The Morgan fingerprint density at radius 2 is 0.977 bits per heavy atom. The van der Waals surface area contributed by atoms with Crippen LogP contribution in [0.1, 0.15) is 5.56 Å². The van der Waals surface area contributed by atoms with Gasteiger partial charge in [-0.1, -0.05) is 66.2 Å². The van der Waals surface area contributed by atoms with E-state index < -0.39 is 20.5 Å². The van der Waals surface area contributed by atoms with Gasteiger partial charge in [0.2, 0.25) is 0 Å². The summed E-state index contributed by atoms with van der Waals surface area (Å²) in [7, 11) is -9.79. The standard InChI is InChI=1S/C31H24IOS.2ClHO4/c1-23-12-21-31(32)30(22-23)24-13-15-25(16-14-24)33-26-17-19-29(20-18-26)34(27-8-4-2-5-9-27)28-10-6-3-7-11-28;2*2-1(3,4)5/h2-22H,1H3;2*(H,2,3,4,5)/q+1;;/p-1. The van der Waals surface area contributed by atoms with Crippen LogP contribution in [0.3, 0.4) is 0 Å². The highest BCUT2D eigenvalue weighted by molar-refractivity contribution is 14.1. The van der Waals surface area contributed by atoms with Crippen molar-refractivity contribution in [3.63, 3.8) is 0 Å². The molecule has 0 fully saturated rings. The van der Waals surface area contributed by atoms with Gasteiger partial charge < -0.3 is 4.74 Å². The second kappa shape index (κ2) is 16.5. The fourth-order valence-electron chi connectivity index (χ4n) is 3.86. The Morgan fingerprint density at radius 1 is 0.591 bits per heavy atom. The van der Waals surface area contributed by atoms with Crippen molar-refractivity contribution in [2.24, 2.45) is 0 Å². The quantitative estimate of drug-likeness (QED) is 0.187. The smallest absolute Gasteiger partial charge is 0.166 e. The Hall–Kier alpha value is -2.76. The molecular weight excluding hydrogens is 746 g/mol. The average Bonchev–Trinajstić information content (AvgIpc) is 2.95. The second-order valence-corrected chi connectivity index (χ2v) is 13.5. The van der Waals surface area contributed by atoms with Crippen molar-refractivity contribution >= 4 is 33.5 Å². The highest BCUT2D eigenvalue weighted by Gasteiger charge is 2.28. The molecule has 0 aliphatic carbocycles. The van der Waals surface area contributed by atoms with E-state index in [4.69, 9.17) is 42.0 Å². The molecule has 0 amide bonds. The van der Waals surface area contributed by atoms with Gasteiger partial charge in [-0.15, -0.1) is 10.2 Å². The molecule has 0 bridgehead atoms. The lowest BCUT2D eigenvalue weighted by Crippen LogP contribution is -2.68. The molecule has 44 heavy (non-hydrogen) atoms. The van der Waals surface area contributed by atoms with E-state index in [1.807, 2.05) is 12.1 Å². The van der Waals surface area contributed by atoms with E-state index >= 15 is 0 Å². The predicted molar refractivity (Wildman–Crippen MR) is 153 cm³/mol. The normalized spacial score (nSPS) is 11.2. The number of hydrogen-bond acceptors (Lipinski definition) is 9. The van der Waals surface area contributed by atoms with Gasteiger partial charge in [0, 0.05) is 3.57 Å². The van der Waals surface area contributed by atoms with Gasteiger partial charge >= 0.3 is 0 Å². The highest BCUT2D eigenvalue weighted by atomic mass is 127. The van der Waals surface area contributed by atoms with Crippen molar-refractivity contribution in [3.8, 4) is 22.6 Å². The first-order valence-electron chi connectivity index (χ1n) is 12.4. The molecule has 0 aliphatic rings. The van der Waals surface area contributed by atoms with Gasteiger partial charge in [0.15, 0.2) is 14.7 Å². The molecule has 0 radical (unpaired) electrons. The van der Waals surface area contributed by atoms with Gasteiger partial charge in [-0.3, -0.25) is 0 Å². The zero-order valence-electron chi connectivity index (χ0n) is 22.9. The maximum absolute atomic E-state index is 8.60. The Morgan fingerprint density at radius 3 is 1.41 bits per heavy atom. The van der Waals surface area contributed by atoms with Crippen LogP contribution in [-0.4, -0.2) is 4.66 Å². The van der Waals surface area contributed by atoms with Gasteiger partial charge in [-0.2, -0.15) is 14.0 Å². The fraction of sp³-hybridized carbons (Fsp3) is 0.0323. The zero-order chi connectivity index (χ0) is 32.3. The molecule has 230 valence electrons. The number of halogens is 3. The van der Waals surface area contributed by atoms with Crippen LogP contribution in [0.2, 0.25) is 0 Å². The maximum Gasteiger partial charge on any atom is 0.166 e. The van der Waals surface area contributed by atoms with E-state index in [2.05, 4.69) is 145 Å². The zero-order valence-corrected chi connectivity index (χ0v) is 27.4. The molecule has 13 heteroatoms. The van der Waals surface area contributed by atoms with Gasteiger partial charge in [0.25, 0.3) is 0 Å². The molecular formula is C31H25Cl2IO9S. The van der Waals surface area contributed by atoms with Gasteiger partial charge in [-0.05, 0) is 107 Å². The van der Waals surface area contributed by atoms with E-state index in [-0.39, 0.29) is 10.9 Å². The SMILES string of the molecule is Cc1ccc(I)c(-c2ccc(Oc3ccc([S+](c4ccccc4)c4ccccc4)cc3)cc2)c1.[O-][Cl+3]([O-])([O-])O.[O-][Cl+3]([O-])([O-])[O-]. The third kappa shape index (κ3) is 13.1. The third-order valence-corrected chi connectivity index (χ3v) is 8.71. The van der Waals surface area contributed by atoms with Crippen molar-refractivity contribution in [1.29, 1.82) is 0 Å². The first-order valence-corrected chi connectivity index (χ1v) is 17.2. The Balaban J connectivity index is 0.000000461. The molecule has 0 spiro atoms. The lowest BCUT2D eigenvalue weighted by atomic mass is 10.0. The van der Waals surface area contributed by atoms with E-state index in [0.717, 1.165) is 11.5 Å². The van der Waals surface area contributed by atoms with Crippen LogP contribution in [0.25, 0.3) is 11.1 Å². The number of benzene rings is 5. The average molecular weight is 771 g/mol. The van der Waals surface area contributed by atoms with Gasteiger partial charge in [-0.25, -0.2) is 18.6 Å². The Labute approximate surface area is 275 Å². The van der Waals surface area contributed by atoms with Crippen molar-refractivity contribution in [1.82, 2.24) is 0 Å². The molecule has 0 atom stereocenters. The van der Waals surface area contributed by atoms with E-state index in [9.17, 15) is 0 Å². The summed E-state index contributed by atoms with van der Waals surface area (Å²) in [6, 6.07) is 44.8. The minimum Gasteiger partial charge on any atom is -0.457 e. The van der Waals surface area contributed by atoms with Crippen LogP contribution in [0.5, 0.6) is 11.5 Å². The Bertz CT molecular complexity index is 1520. The van der Waals surface area contributed by atoms with Crippen LogP contribution in [-0.2, 0) is 10.9 Å². The molecule has 0 aliphatic heterocycles. The molecule has 9 nitrogen and oxygen atoms in total. The lowest BCUT2D eigenvalue weighted by molar-refractivity contribution is -2.00. The summed E-state index contributed by atoms with van der Waals surface area (Å²) in [5, 5.41) is 0. The second-order valence-electron chi connectivity index (χ2n) is 8.79. The summed E-state index contributed by atoms with van der Waals surface area (Å²) in [6.45, 7) is 2.13. The number of hydrogen-bond donors (Lipinski definition) is 1. The van der Waals surface area contributed by atoms with Gasteiger partial charge in [0.05, 0.1) is 25.8 Å². The highest BCUT2D eigenvalue weighted by Crippen LogP contribution is 2.33. The topological polar surface area (TPSA) is 191 Å².